The molecule has 0 radical (unpaired) electrons. The quantitative estimate of drug-likeness (QED) is 0.572. The van der Waals surface area contributed by atoms with E-state index in [1.165, 1.54) is 57.8 Å². The molecule has 21 heavy (non-hydrogen) atoms. The first-order chi connectivity index (χ1) is 10.2. The van der Waals surface area contributed by atoms with Gasteiger partial charge in [0.2, 0.25) is 0 Å². The van der Waals surface area contributed by atoms with E-state index in [9.17, 15) is 0 Å². The van der Waals surface area contributed by atoms with Gasteiger partial charge in [0.1, 0.15) is 0 Å². The number of nitrogens with two attached hydrogens (primary N) is 1. The van der Waals surface area contributed by atoms with E-state index < -0.39 is 0 Å². The lowest BCUT2D eigenvalue weighted by Gasteiger charge is -2.39. The molecule has 1 saturated carbocycles. The fraction of sp³-hybridized carbons (Fsp3) is 1.00. The normalized spacial score (nSPS) is 22.7. The summed E-state index contributed by atoms with van der Waals surface area (Å²) in [6.45, 7) is 10.5. The van der Waals surface area contributed by atoms with Crippen LogP contribution in [-0.4, -0.2) is 18.6 Å². The molecule has 4 unspecified atom stereocenters. The van der Waals surface area contributed by atoms with Gasteiger partial charge in [-0.05, 0) is 50.5 Å². The first-order valence-corrected chi connectivity index (χ1v) is 9.64. The van der Waals surface area contributed by atoms with Gasteiger partial charge < -0.3 is 11.1 Å². The van der Waals surface area contributed by atoms with Crippen LogP contribution in [0.4, 0.5) is 0 Å². The average molecular weight is 297 g/mol. The topological polar surface area (TPSA) is 38.0 Å². The minimum absolute atomic E-state index is 0.413. The highest BCUT2D eigenvalue weighted by Crippen LogP contribution is 2.34. The molecule has 3 N–H and O–H groups in total. The van der Waals surface area contributed by atoms with E-state index in [4.69, 9.17) is 5.73 Å². The second-order valence-electron chi connectivity index (χ2n) is 7.22. The predicted octanol–water partition coefficient (Wildman–Crippen LogP) is 4.72. The van der Waals surface area contributed by atoms with Crippen molar-refractivity contribution in [2.45, 2.75) is 97.6 Å². The number of unbranched alkanes of at least 4 members (excludes halogenated alkanes) is 1. The molecule has 0 amide bonds. The minimum atomic E-state index is 0.413. The van der Waals surface area contributed by atoms with Crippen LogP contribution in [-0.2, 0) is 0 Å². The van der Waals surface area contributed by atoms with Crippen LogP contribution in [0.5, 0.6) is 0 Å². The van der Waals surface area contributed by atoms with Crippen LogP contribution in [0, 0.1) is 17.8 Å². The SMILES string of the molecule is CCCCNC(C)C(CC)C(CC)C(N)C1CCCCC1. The molecule has 0 spiro atoms. The average Bonchev–Trinajstić information content (AvgIpc) is 2.52. The van der Waals surface area contributed by atoms with Gasteiger partial charge in [-0.25, -0.2) is 0 Å². The Bertz CT molecular complexity index is 248. The smallest absolute Gasteiger partial charge is 0.00987 e. The van der Waals surface area contributed by atoms with E-state index in [-0.39, 0.29) is 0 Å². The van der Waals surface area contributed by atoms with Crippen molar-refractivity contribution in [3.8, 4) is 0 Å². The summed E-state index contributed by atoms with van der Waals surface area (Å²) < 4.78 is 0. The van der Waals surface area contributed by atoms with Crippen molar-refractivity contribution >= 4 is 0 Å². The Kier molecular flexibility index (Phi) is 9.59. The zero-order valence-electron chi connectivity index (χ0n) is 15.0. The van der Waals surface area contributed by atoms with Crippen LogP contribution in [0.15, 0.2) is 0 Å². The van der Waals surface area contributed by atoms with Crippen LogP contribution in [0.3, 0.4) is 0 Å². The Morgan fingerprint density at radius 3 is 2.14 bits per heavy atom. The molecular weight excluding hydrogens is 256 g/mol. The van der Waals surface area contributed by atoms with E-state index in [0.29, 0.717) is 18.0 Å². The van der Waals surface area contributed by atoms with Gasteiger partial charge in [0.05, 0.1) is 0 Å². The highest BCUT2D eigenvalue weighted by atomic mass is 14.9. The fourth-order valence-electron chi connectivity index (χ4n) is 4.41. The molecule has 0 heterocycles. The Labute approximate surface area is 133 Å². The highest BCUT2D eigenvalue weighted by Gasteiger charge is 2.33. The fourth-order valence-corrected chi connectivity index (χ4v) is 4.41. The molecule has 0 bridgehead atoms. The lowest BCUT2D eigenvalue weighted by molar-refractivity contribution is 0.155. The van der Waals surface area contributed by atoms with Crippen LogP contribution < -0.4 is 11.1 Å². The summed E-state index contributed by atoms with van der Waals surface area (Å²) in [4.78, 5) is 0. The third-order valence-corrected chi connectivity index (χ3v) is 5.82. The van der Waals surface area contributed by atoms with Crippen molar-refractivity contribution < 1.29 is 0 Å². The summed E-state index contributed by atoms with van der Waals surface area (Å²) in [7, 11) is 0. The molecule has 1 aliphatic carbocycles. The molecule has 1 rings (SSSR count). The molecule has 126 valence electrons. The number of hydrogen-bond acceptors (Lipinski definition) is 2. The van der Waals surface area contributed by atoms with E-state index in [0.717, 1.165) is 18.4 Å². The van der Waals surface area contributed by atoms with Gasteiger partial charge in [0.25, 0.3) is 0 Å². The first-order valence-electron chi connectivity index (χ1n) is 9.64. The van der Waals surface area contributed by atoms with Crippen molar-refractivity contribution in [1.29, 1.82) is 0 Å². The van der Waals surface area contributed by atoms with Crippen molar-refractivity contribution in [1.82, 2.24) is 5.32 Å². The number of rotatable bonds is 10. The summed E-state index contributed by atoms with van der Waals surface area (Å²) in [5, 5.41) is 3.75. The van der Waals surface area contributed by atoms with Crippen molar-refractivity contribution in [2.75, 3.05) is 6.54 Å². The maximum atomic E-state index is 6.74. The molecule has 2 heteroatoms. The van der Waals surface area contributed by atoms with Gasteiger partial charge in [-0.15, -0.1) is 0 Å². The molecule has 0 aromatic rings. The maximum Gasteiger partial charge on any atom is 0.00987 e. The van der Waals surface area contributed by atoms with Crippen molar-refractivity contribution in [3.05, 3.63) is 0 Å². The van der Waals surface area contributed by atoms with Gasteiger partial charge in [-0.1, -0.05) is 59.3 Å². The van der Waals surface area contributed by atoms with E-state index in [1.807, 2.05) is 0 Å². The Morgan fingerprint density at radius 2 is 1.62 bits per heavy atom. The van der Waals surface area contributed by atoms with Crippen LogP contribution in [0.1, 0.15) is 85.5 Å². The highest BCUT2D eigenvalue weighted by molar-refractivity contribution is 4.88. The molecule has 0 aliphatic heterocycles. The predicted molar refractivity (Wildman–Crippen MR) is 94.5 cm³/mol. The van der Waals surface area contributed by atoms with Gasteiger partial charge in [-0.2, -0.15) is 0 Å². The minimum Gasteiger partial charge on any atom is -0.327 e. The summed E-state index contributed by atoms with van der Waals surface area (Å²) in [5.41, 5.74) is 6.74. The zero-order chi connectivity index (χ0) is 15.7. The Morgan fingerprint density at radius 1 is 1.00 bits per heavy atom. The second-order valence-corrected chi connectivity index (χ2v) is 7.22. The Balaban J connectivity index is 2.59. The monoisotopic (exact) mass is 296 g/mol. The third-order valence-electron chi connectivity index (χ3n) is 5.82. The molecule has 0 saturated heterocycles. The second kappa shape index (κ2) is 10.6. The van der Waals surface area contributed by atoms with Gasteiger partial charge in [0, 0.05) is 12.1 Å². The van der Waals surface area contributed by atoms with Crippen molar-refractivity contribution in [3.63, 3.8) is 0 Å². The summed E-state index contributed by atoms with van der Waals surface area (Å²) in [6.07, 6.45) is 12.0. The van der Waals surface area contributed by atoms with E-state index >= 15 is 0 Å². The maximum absolute atomic E-state index is 6.74. The van der Waals surface area contributed by atoms with Crippen LogP contribution in [0.25, 0.3) is 0 Å². The number of hydrogen-bond donors (Lipinski definition) is 2. The standard InChI is InChI=1S/C19H40N2/c1-5-8-14-21-15(4)17(6-2)18(7-3)19(20)16-12-10-9-11-13-16/h15-19,21H,5-14,20H2,1-4H3. The summed E-state index contributed by atoms with van der Waals surface area (Å²) in [5.74, 6) is 2.19. The molecule has 1 aliphatic rings. The molecular formula is C19H40N2. The van der Waals surface area contributed by atoms with Gasteiger partial charge in [-0.3, -0.25) is 0 Å². The summed E-state index contributed by atoms with van der Waals surface area (Å²) in [6, 6.07) is 1.01. The lowest BCUT2D eigenvalue weighted by Crippen LogP contribution is -2.47. The van der Waals surface area contributed by atoms with Crippen LogP contribution in [0.2, 0.25) is 0 Å². The van der Waals surface area contributed by atoms with Crippen molar-refractivity contribution in [2.24, 2.45) is 23.5 Å². The largest absolute Gasteiger partial charge is 0.327 e. The van der Waals surface area contributed by atoms with Gasteiger partial charge >= 0.3 is 0 Å². The van der Waals surface area contributed by atoms with E-state index in [1.54, 1.807) is 0 Å². The lowest BCUT2D eigenvalue weighted by atomic mass is 9.71. The molecule has 4 atom stereocenters. The molecule has 1 fully saturated rings. The molecule has 0 aromatic carbocycles. The van der Waals surface area contributed by atoms with Crippen LogP contribution >= 0.6 is 0 Å². The van der Waals surface area contributed by atoms with E-state index in [2.05, 4.69) is 33.0 Å². The number of nitrogens with one attached hydrogen (secondary N) is 1. The molecule has 2 nitrogen and oxygen atoms in total. The summed E-state index contributed by atoms with van der Waals surface area (Å²) >= 11 is 0. The Hall–Kier alpha value is -0.0800. The van der Waals surface area contributed by atoms with Gasteiger partial charge in [0.15, 0.2) is 0 Å². The third kappa shape index (κ3) is 5.90. The zero-order valence-corrected chi connectivity index (χ0v) is 15.0. The molecule has 0 aromatic heterocycles. The first kappa shape index (κ1) is 19.0.